The number of rotatable bonds is 1. The minimum Gasteiger partial charge on any atom is -0.222 e. The first kappa shape index (κ1) is 17.5. The highest BCUT2D eigenvalue weighted by molar-refractivity contribution is 7.25. The van der Waals surface area contributed by atoms with Crippen molar-refractivity contribution in [2.45, 2.75) is 19.3 Å². The Morgan fingerprint density at radius 2 is 1.55 bits per heavy atom. The van der Waals surface area contributed by atoms with Gasteiger partial charge >= 0.3 is 3.98 Å². The number of halogens is 1. The molecule has 3 rings (SSSR count). The first-order valence-electron chi connectivity index (χ1n) is 6.65. The van der Waals surface area contributed by atoms with Gasteiger partial charge in [-0.25, -0.2) is 23.2 Å². The van der Waals surface area contributed by atoms with E-state index in [1.807, 2.05) is 17.4 Å². The van der Waals surface area contributed by atoms with Gasteiger partial charge in [-0.15, -0.1) is 10.2 Å². The van der Waals surface area contributed by atoms with Crippen molar-refractivity contribution >= 4 is 22.9 Å². The van der Waals surface area contributed by atoms with E-state index in [0.717, 1.165) is 5.01 Å². The first-order valence-corrected chi connectivity index (χ1v) is 9.48. The molecule has 1 saturated heterocycles. The van der Waals surface area contributed by atoms with Gasteiger partial charge in [0.05, 0.1) is 0 Å². The smallest absolute Gasteiger partial charge is 0.222 e. The van der Waals surface area contributed by atoms with Crippen LogP contribution in [0.3, 0.4) is 0 Å². The topological polar surface area (TPSA) is 108 Å². The van der Waals surface area contributed by atoms with E-state index in [9.17, 15) is 0 Å². The Balaban J connectivity index is 0.000000309. The average Bonchev–Trinajstić information content (AvgIpc) is 2.97. The van der Waals surface area contributed by atoms with E-state index in [1.54, 1.807) is 11.5 Å². The first-order chi connectivity index (χ1) is 10.4. The largest absolute Gasteiger partial charge is 0.333 e. The fraction of sp³-hybridized carbons (Fsp3) is 0.385. The molecule has 0 amide bonds. The summed E-state index contributed by atoms with van der Waals surface area (Å²) in [5.74, 6) is 0. The Kier molecular flexibility index (Phi) is 6.45. The van der Waals surface area contributed by atoms with Gasteiger partial charge in [0.15, 0.2) is 0 Å². The molecule has 0 aliphatic carbocycles. The minimum absolute atomic E-state index is 1.15. The predicted molar refractivity (Wildman–Crippen MR) is 74.3 cm³/mol. The van der Waals surface area contributed by atoms with Crippen LogP contribution in [0.1, 0.15) is 19.3 Å². The van der Waals surface area contributed by atoms with Crippen LogP contribution in [0.15, 0.2) is 30.3 Å². The average molecular weight is 363 g/mol. The maximum absolute atomic E-state index is 8.49. The van der Waals surface area contributed by atoms with Crippen molar-refractivity contribution in [2.24, 2.45) is 0 Å². The van der Waals surface area contributed by atoms with Gasteiger partial charge in [-0.1, -0.05) is 30.3 Å². The van der Waals surface area contributed by atoms with Crippen LogP contribution in [0, 0.1) is 10.2 Å². The Hall–Kier alpha value is -0.870. The highest BCUT2D eigenvalue weighted by Crippen LogP contribution is 2.19. The second kappa shape index (κ2) is 8.11. The highest BCUT2D eigenvalue weighted by Gasteiger charge is 2.14. The summed E-state index contributed by atoms with van der Waals surface area (Å²) in [7, 11) is -4.94. The quantitative estimate of drug-likeness (QED) is 0.549. The molecule has 0 bridgehead atoms. The highest BCUT2D eigenvalue weighted by atomic mass is 35.7. The number of piperidine rings is 1. The van der Waals surface area contributed by atoms with Crippen molar-refractivity contribution in [2.75, 3.05) is 13.1 Å². The van der Waals surface area contributed by atoms with Crippen molar-refractivity contribution < 1.29 is 28.9 Å². The van der Waals surface area contributed by atoms with Gasteiger partial charge < -0.3 is 0 Å². The predicted octanol–water partition coefficient (Wildman–Crippen LogP) is -1.93. The molecule has 0 atom stereocenters. The molecule has 0 N–H and O–H groups in total. The van der Waals surface area contributed by atoms with Crippen LogP contribution < -0.4 is 27.2 Å². The van der Waals surface area contributed by atoms with Crippen molar-refractivity contribution in [3.63, 3.8) is 0 Å². The van der Waals surface area contributed by atoms with E-state index in [1.165, 1.54) is 41.9 Å². The summed E-state index contributed by atoms with van der Waals surface area (Å²) >= 11 is 3.47. The lowest BCUT2D eigenvalue weighted by atomic mass is 10.2. The van der Waals surface area contributed by atoms with Gasteiger partial charge in [0, 0.05) is 29.9 Å². The fourth-order valence-corrected chi connectivity index (χ4v) is 4.15. The molecule has 0 unspecified atom stereocenters. The van der Waals surface area contributed by atoms with Crippen LogP contribution in [0.4, 0.5) is 0 Å². The van der Waals surface area contributed by atoms with Gasteiger partial charge in [-0.3, -0.25) is 0 Å². The number of nitrogens with zero attached hydrogens (tertiary/aromatic N) is 2. The number of benzene rings is 1. The van der Waals surface area contributed by atoms with Crippen molar-refractivity contribution in [1.29, 1.82) is 0 Å². The lowest BCUT2D eigenvalue weighted by Gasteiger charge is -2.17. The molecular weight excluding hydrogens is 348 g/mol. The lowest BCUT2D eigenvalue weighted by molar-refractivity contribution is -2.00. The van der Waals surface area contributed by atoms with Crippen LogP contribution in [0.2, 0.25) is 0 Å². The zero-order valence-corrected chi connectivity index (χ0v) is 14.0. The third kappa shape index (κ3) is 6.09. The molecule has 1 fully saturated rings. The van der Waals surface area contributed by atoms with Crippen LogP contribution in [-0.2, 0) is 0 Å². The Morgan fingerprint density at radius 1 is 0.955 bits per heavy atom. The maximum atomic E-state index is 8.49. The summed E-state index contributed by atoms with van der Waals surface area (Å²) in [4.78, 5) is 0. The molecule has 6 nitrogen and oxygen atoms in total. The monoisotopic (exact) mass is 362 g/mol. The molecular formula is C13H15ClN2O4S2. The number of aromatic nitrogens is 1. The normalized spacial score (nSPS) is 15.2. The second-order valence-electron chi connectivity index (χ2n) is 4.65. The molecule has 9 heteroatoms. The van der Waals surface area contributed by atoms with Crippen LogP contribution >= 0.6 is 22.9 Å². The summed E-state index contributed by atoms with van der Waals surface area (Å²) in [5.41, 5.74) is 1.23. The van der Waals surface area contributed by atoms with Gasteiger partial charge in [0.25, 0.3) is 0 Å². The van der Waals surface area contributed by atoms with Gasteiger partial charge in [-0.2, -0.15) is 4.37 Å². The lowest BCUT2D eigenvalue weighted by Crippen LogP contribution is -2.68. The van der Waals surface area contributed by atoms with Crippen LogP contribution in [0.25, 0.3) is 10.6 Å². The van der Waals surface area contributed by atoms with E-state index >= 15 is 0 Å². The fourth-order valence-electron chi connectivity index (χ4n) is 2.09. The van der Waals surface area contributed by atoms with E-state index in [-0.39, 0.29) is 0 Å². The standard InChI is InChI=1S/C13H15N2S2.ClHO4/c1-3-7-11(8-4-1)12-14-17-13(16-12)15-9-5-2-6-10-15;2-1(3,4)5/h1,3-4,7-8H,2,5-6,9-10H2;(H,2,3,4,5)/q+1;/p-1. The van der Waals surface area contributed by atoms with Crippen LogP contribution in [0.5, 0.6) is 0 Å². The Bertz CT molecular complexity index is 638. The Labute approximate surface area is 138 Å². The summed E-state index contributed by atoms with van der Waals surface area (Å²) in [5, 5.41) is 1.15. The van der Waals surface area contributed by atoms with Gasteiger partial charge in [0.2, 0.25) is 0 Å². The molecule has 2 heterocycles. The zero-order chi connectivity index (χ0) is 16.0. The molecule has 2 aromatic rings. The molecule has 1 aliphatic heterocycles. The van der Waals surface area contributed by atoms with Gasteiger partial charge in [-0.05, 0) is 17.8 Å². The number of hydrogen-bond donors (Lipinski definition) is 0. The second-order valence-corrected chi connectivity index (χ2v) is 7.39. The van der Waals surface area contributed by atoms with Gasteiger partial charge in [0.1, 0.15) is 18.1 Å². The third-order valence-corrected chi connectivity index (χ3v) is 5.26. The molecule has 22 heavy (non-hydrogen) atoms. The van der Waals surface area contributed by atoms with E-state index < -0.39 is 10.2 Å². The van der Waals surface area contributed by atoms with E-state index in [2.05, 4.69) is 33.2 Å². The molecule has 1 aromatic carbocycles. The van der Waals surface area contributed by atoms with E-state index in [0.29, 0.717) is 0 Å². The molecule has 1 aromatic heterocycles. The summed E-state index contributed by atoms with van der Waals surface area (Å²) in [6.07, 6.45) is 4.03. The maximum Gasteiger partial charge on any atom is 0.333 e. The van der Waals surface area contributed by atoms with Crippen molar-refractivity contribution in [3.05, 3.63) is 34.3 Å². The minimum atomic E-state index is -4.94. The van der Waals surface area contributed by atoms with Crippen molar-refractivity contribution in [1.82, 2.24) is 8.95 Å². The SMILES string of the molecule is [O-][Cl+3]([O-])([O-])[O-].c1ccc(-c2nsc(=[N+]3CCCCC3)s2)cc1. The molecule has 0 spiro atoms. The molecule has 0 radical (unpaired) electrons. The summed E-state index contributed by atoms with van der Waals surface area (Å²) in [6, 6.07) is 10.5. The van der Waals surface area contributed by atoms with Crippen molar-refractivity contribution in [3.8, 4) is 10.6 Å². The molecule has 0 saturated carbocycles. The zero-order valence-electron chi connectivity index (χ0n) is 11.6. The van der Waals surface area contributed by atoms with E-state index in [4.69, 9.17) is 18.6 Å². The molecule has 120 valence electrons. The number of hydrogen-bond acceptors (Lipinski definition) is 7. The summed E-state index contributed by atoms with van der Waals surface area (Å²) < 4.78 is 42.4. The summed E-state index contributed by atoms with van der Waals surface area (Å²) in [6.45, 7) is 2.40. The van der Waals surface area contributed by atoms with Crippen LogP contribution in [-0.4, -0.2) is 17.5 Å². The molecule has 1 aliphatic rings. The Morgan fingerprint density at radius 3 is 2.14 bits per heavy atom. The third-order valence-electron chi connectivity index (χ3n) is 3.03.